The summed E-state index contributed by atoms with van der Waals surface area (Å²) in [6.45, 7) is 5.29. The molecule has 4 rings (SSSR count). The highest BCUT2D eigenvalue weighted by molar-refractivity contribution is 9.10. The van der Waals surface area contributed by atoms with E-state index in [0.717, 1.165) is 38.1 Å². The predicted octanol–water partition coefficient (Wildman–Crippen LogP) is 5.33. The maximum absolute atomic E-state index is 12.2. The van der Waals surface area contributed by atoms with Crippen LogP contribution in [0.1, 0.15) is 19.5 Å². The van der Waals surface area contributed by atoms with Crippen molar-refractivity contribution in [3.8, 4) is 11.3 Å². The third-order valence-electron chi connectivity index (χ3n) is 4.21. The van der Waals surface area contributed by atoms with Crippen molar-refractivity contribution in [3.63, 3.8) is 0 Å². The van der Waals surface area contributed by atoms with E-state index in [9.17, 15) is 4.79 Å². The molecule has 1 aromatic carbocycles. The number of fused-ring (bicyclic) bond motifs is 1. The lowest BCUT2D eigenvalue weighted by molar-refractivity contribution is 0.498. The largest absolute Gasteiger partial charge is 0.319 e. The summed E-state index contributed by atoms with van der Waals surface area (Å²) in [5.74, 6) is 1.10. The second-order valence-electron chi connectivity index (χ2n) is 6.87. The smallest absolute Gasteiger partial charge is 0.258 e. The number of hydrogen-bond donors (Lipinski definition) is 0. The lowest BCUT2D eigenvalue weighted by Crippen LogP contribution is -2.12. The van der Waals surface area contributed by atoms with Crippen LogP contribution in [0.4, 0.5) is 0 Å². The molecular formula is C20H19BrN4OS2. The van der Waals surface area contributed by atoms with Gasteiger partial charge in [0.05, 0.1) is 17.6 Å². The highest BCUT2D eigenvalue weighted by Gasteiger charge is 2.14. The fourth-order valence-electron chi connectivity index (χ4n) is 2.97. The molecule has 0 radical (unpaired) electrons. The Morgan fingerprint density at radius 3 is 2.79 bits per heavy atom. The Balaban J connectivity index is 1.63. The summed E-state index contributed by atoms with van der Waals surface area (Å²) in [4.78, 5) is 22.2. The maximum Gasteiger partial charge on any atom is 0.258 e. The first-order chi connectivity index (χ1) is 13.5. The molecule has 5 nitrogen and oxygen atoms in total. The van der Waals surface area contributed by atoms with Crippen LogP contribution in [0.3, 0.4) is 0 Å². The Morgan fingerprint density at radius 2 is 2.04 bits per heavy atom. The van der Waals surface area contributed by atoms with Crippen molar-refractivity contribution < 1.29 is 0 Å². The molecule has 144 valence electrons. The van der Waals surface area contributed by atoms with Crippen LogP contribution in [0.15, 0.2) is 62.5 Å². The Morgan fingerprint density at radius 1 is 1.25 bits per heavy atom. The molecule has 0 unspecified atom stereocenters. The van der Waals surface area contributed by atoms with E-state index in [1.54, 1.807) is 28.4 Å². The number of benzene rings is 1. The van der Waals surface area contributed by atoms with E-state index in [4.69, 9.17) is 0 Å². The SMILES string of the molecule is CC(C)Cn1c(-c2ccc(Br)cc2)cnc1SCc1cc(=O)n2ccsc2n1. The molecule has 0 bridgehead atoms. The van der Waals surface area contributed by atoms with Gasteiger partial charge in [0.2, 0.25) is 0 Å². The minimum atomic E-state index is -0.0390. The van der Waals surface area contributed by atoms with E-state index in [2.05, 4.69) is 56.4 Å². The molecule has 0 saturated carbocycles. The zero-order valence-corrected chi connectivity index (χ0v) is 18.7. The van der Waals surface area contributed by atoms with Crippen LogP contribution in [0, 0.1) is 5.92 Å². The third kappa shape index (κ3) is 4.09. The molecule has 0 aliphatic rings. The number of hydrogen-bond acceptors (Lipinski definition) is 5. The van der Waals surface area contributed by atoms with Crippen molar-refractivity contribution in [1.29, 1.82) is 0 Å². The minimum absolute atomic E-state index is 0.0390. The van der Waals surface area contributed by atoms with Crippen molar-refractivity contribution in [2.75, 3.05) is 0 Å². The van der Waals surface area contributed by atoms with Crippen LogP contribution in [0.25, 0.3) is 16.2 Å². The molecule has 3 heterocycles. The Bertz CT molecular complexity index is 1160. The molecule has 0 fully saturated rings. The summed E-state index contributed by atoms with van der Waals surface area (Å²) < 4.78 is 4.89. The molecule has 0 atom stereocenters. The monoisotopic (exact) mass is 474 g/mol. The van der Waals surface area contributed by atoms with E-state index >= 15 is 0 Å². The molecule has 3 aromatic heterocycles. The average Bonchev–Trinajstić information content (AvgIpc) is 3.28. The van der Waals surface area contributed by atoms with Crippen LogP contribution in [0.2, 0.25) is 0 Å². The fourth-order valence-corrected chi connectivity index (χ4v) is 4.85. The van der Waals surface area contributed by atoms with Gasteiger partial charge in [-0.15, -0.1) is 11.3 Å². The van der Waals surface area contributed by atoms with Gasteiger partial charge in [0.25, 0.3) is 5.56 Å². The molecule has 0 aliphatic carbocycles. The number of imidazole rings is 1. The second-order valence-corrected chi connectivity index (χ2v) is 9.60. The summed E-state index contributed by atoms with van der Waals surface area (Å²) in [6.07, 6.45) is 3.69. The number of thiazole rings is 1. The first-order valence-electron chi connectivity index (χ1n) is 8.91. The van der Waals surface area contributed by atoms with Crippen molar-refractivity contribution >= 4 is 44.0 Å². The van der Waals surface area contributed by atoms with E-state index < -0.39 is 0 Å². The molecule has 0 aliphatic heterocycles. The van der Waals surface area contributed by atoms with Gasteiger partial charge < -0.3 is 4.57 Å². The summed E-state index contributed by atoms with van der Waals surface area (Å²) in [7, 11) is 0. The van der Waals surface area contributed by atoms with Gasteiger partial charge in [-0.1, -0.05) is 53.7 Å². The molecular weight excluding hydrogens is 456 g/mol. The Kier molecular flexibility index (Phi) is 5.70. The number of nitrogens with zero attached hydrogens (tertiary/aromatic N) is 4. The van der Waals surface area contributed by atoms with Gasteiger partial charge in [-0.25, -0.2) is 9.97 Å². The Hall–Kier alpha value is -1.90. The molecule has 0 spiro atoms. The standard InChI is InChI=1S/C20H19BrN4OS2/c1-13(2)11-25-17(14-3-5-15(21)6-4-14)10-22-19(25)28-12-16-9-18(26)24-7-8-27-20(24)23-16/h3-10,13H,11-12H2,1-2H3. The lowest BCUT2D eigenvalue weighted by Gasteiger charge is -2.14. The molecule has 0 saturated heterocycles. The molecule has 0 amide bonds. The van der Waals surface area contributed by atoms with Crippen molar-refractivity contribution in [2.24, 2.45) is 5.92 Å². The van der Waals surface area contributed by atoms with Crippen molar-refractivity contribution in [3.05, 3.63) is 68.6 Å². The zero-order valence-electron chi connectivity index (χ0n) is 15.5. The summed E-state index contributed by atoms with van der Waals surface area (Å²) in [6, 6.07) is 9.89. The van der Waals surface area contributed by atoms with Gasteiger partial charge in [-0.2, -0.15) is 0 Å². The molecule has 28 heavy (non-hydrogen) atoms. The van der Waals surface area contributed by atoms with Gasteiger partial charge in [0.1, 0.15) is 0 Å². The van der Waals surface area contributed by atoms with Gasteiger partial charge >= 0.3 is 0 Å². The van der Waals surface area contributed by atoms with E-state index in [-0.39, 0.29) is 5.56 Å². The number of aromatic nitrogens is 4. The number of rotatable bonds is 6. The van der Waals surface area contributed by atoms with E-state index in [0.29, 0.717) is 11.7 Å². The zero-order chi connectivity index (χ0) is 19.7. The van der Waals surface area contributed by atoms with Gasteiger partial charge in [-0.3, -0.25) is 9.20 Å². The first kappa shape index (κ1) is 19.4. The van der Waals surface area contributed by atoms with Crippen molar-refractivity contribution in [2.45, 2.75) is 31.3 Å². The minimum Gasteiger partial charge on any atom is -0.319 e. The summed E-state index contributed by atoms with van der Waals surface area (Å²) in [5.41, 5.74) is 2.98. The van der Waals surface area contributed by atoms with Crippen LogP contribution < -0.4 is 5.56 Å². The molecule has 0 N–H and O–H groups in total. The lowest BCUT2D eigenvalue weighted by atomic mass is 10.1. The highest BCUT2D eigenvalue weighted by atomic mass is 79.9. The predicted molar refractivity (Wildman–Crippen MR) is 119 cm³/mol. The fraction of sp³-hybridized carbons (Fsp3) is 0.250. The normalized spacial score (nSPS) is 11.6. The first-order valence-corrected chi connectivity index (χ1v) is 11.6. The van der Waals surface area contributed by atoms with Gasteiger partial charge in [-0.05, 0) is 23.6 Å². The number of thioether (sulfide) groups is 1. The van der Waals surface area contributed by atoms with Crippen LogP contribution in [-0.2, 0) is 12.3 Å². The van der Waals surface area contributed by atoms with Gasteiger partial charge in [0.15, 0.2) is 10.1 Å². The third-order valence-corrected chi connectivity index (χ3v) is 6.52. The highest BCUT2D eigenvalue weighted by Crippen LogP contribution is 2.29. The average molecular weight is 475 g/mol. The molecule has 4 aromatic rings. The van der Waals surface area contributed by atoms with E-state index in [1.807, 2.05) is 23.7 Å². The number of halogens is 1. The molecule has 8 heteroatoms. The second kappa shape index (κ2) is 8.23. The van der Waals surface area contributed by atoms with E-state index in [1.165, 1.54) is 11.3 Å². The maximum atomic E-state index is 12.2. The topological polar surface area (TPSA) is 52.2 Å². The van der Waals surface area contributed by atoms with Crippen LogP contribution in [-0.4, -0.2) is 18.9 Å². The van der Waals surface area contributed by atoms with Crippen molar-refractivity contribution in [1.82, 2.24) is 18.9 Å². The van der Waals surface area contributed by atoms with Crippen LogP contribution >= 0.6 is 39.0 Å². The van der Waals surface area contributed by atoms with Gasteiger partial charge in [0, 0.05) is 34.4 Å². The Labute approximate surface area is 179 Å². The summed E-state index contributed by atoms with van der Waals surface area (Å²) in [5, 5.41) is 2.82. The quantitative estimate of drug-likeness (QED) is 0.354. The van der Waals surface area contributed by atoms with Crippen LogP contribution in [0.5, 0.6) is 0 Å². The summed E-state index contributed by atoms with van der Waals surface area (Å²) >= 11 is 6.58.